The summed E-state index contributed by atoms with van der Waals surface area (Å²) in [6.45, 7) is 3.46. The molecule has 0 saturated carbocycles. The number of carbonyl (C=O) groups is 2. The van der Waals surface area contributed by atoms with Crippen molar-refractivity contribution in [1.82, 2.24) is 9.78 Å². The van der Waals surface area contributed by atoms with Gasteiger partial charge in [-0.1, -0.05) is 35.9 Å². The van der Waals surface area contributed by atoms with Gasteiger partial charge in [-0.2, -0.15) is 5.10 Å². The second-order valence-corrected chi connectivity index (χ2v) is 6.23. The van der Waals surface area contributed by atoms with Crippen LogP contribution in [0.2, 0.25) is 0 Å². The third kappa shape index (κ3) is 4.37. The minimum atomic E-state index is -1.000. The molecule has 0 aliphatic rings. The third-order valence-corrected chi connectivity index (χ3v) is 4.09. The number of aromatic nitrogens is 2. The summed E-state index contributed by atoms with van der Waals surface area (Å²) in [5.74, 6) is -0.906. The maximum absolute atomic E-state index is 12.5. The Morgan fingerprint density at radius 3 is 2.39 bits per heavy atom. The number of anilines is 1. The number of amides is 1. The number of nitrogens with one attached hydrogen (secondary N) is 1. The Labute approximate surface area is 162 Å². The second kappa shape index (κ2) is 8.39. The second-order valence-electron chi connectivity index (χ2n) is 6.23. The molecule has 1 N–H and O–H groups in total. The molecule has 0 fully saturated rings. The standard InChI is InChI=1S/C21H21N3O4/c1-14-9-11-16(12-10-14)22-20(25)15(2)28-21(26)19-18(27-3)13-24(23-19)17-7-5-4-6-8-17/h4-13,15H,1-3H3,(H,22,25)/t15-/m0/s1. The van der Waals surface area contributed by atoms with Crippen LogP contribution < -0.4 is 10.1 Å². The number of benzene rings is 2. The average molecular weight is 379 g/mol. The quantitative estimate of drug-likeness (QED) is 0.664. The van der Waals surface area contributed by atoms with Gasteiger partial charge in [0.1, 0.15) is 0 Å². The van der Waals surface area contributed by atoms with Crippen molar-refractivity contribution in [3.8, 4) is 11.4 Å². The number of ether oxygens (including phenoxy) is 2. The highest BCUT2D eigenvalue weighted by atomic mass is 16.6. The van der Waals surface area contributed by atoms with E-state index >= 15 is 0 Å². The maximum atomic E-state index is 12.5. The summed E-state index contributed by atoms with van der Waals surface area (Å²) in [7, 11) is 1.44. The number of aryl methyl sites for hydroxylation is 1. The molecule has 1 aromatic heterocycles. The van der Waals surface area contributed by atoms with Crippen molar-refractivity contribution in [3.63, 3.8) is 0 Å². The average Bonchev–Trinajstić information content (AvgIpc) is 3.15. The van der Waals surface area contributed by atoms with Crippen LogP contribution in [0.15, 0.2) is 60.8 Å². The van der Waals surface area contributed by atoms with Crippen LogP contribution in [0.25, 0.3) is 5.69 Å². The van der Waals surface area contributed by atoms with Crippen LogP contribution in [0.4, 0.5) is 5.69 Å². The first-order valence-electron chi connectivity index (χ1n) is 8.75. The van der Waals surface area contributed by atoms with E-state index in [4.69, 9.17) is 9.47 Å². The molecule has 144 valence electrons. The fraction of sp³-hybridized carbons (Fsp3) is 0.190. The van der Waals surface area contributed by atoms with Crippen molar-refractivity contribution in [2.45, 2.75) is 20.0 Å². The highest BCUT2D eigenvalue weighted by molar-refractivity contribution is 5.97. The lowest BCUT2D eigenvalue weighted by Crippen LogP contribution is -2.30. The van der Waals surface area contributed by atoms with E-state index in [9.17, 15) is 9.59 Å². The number of carbonyl (C=O) groups excluding carboxylic acids is 2. The van der Waals surface area contributed by atoms with Crippen molar-refractivity contribution in [3.05, 3.63) is 72.1 Å². The Kier molecular flexibility index (Phi) is 5.74. The highest BCUT2D eigenvalue weighted by Gasteiger charge is 2.24. The first-order valence-corrected chi connectivity index (χ1v) is 8.75. The Bertz CT molecular complexity index is 965. The molecule has 0 aliphatic heterocycles. The summed E-state index contributed by atoms with van der Waals surface area (Å²) in [4.78, 5) is 24.8. The molecule has 7 heteroatoms. The zero-order chi connectivity index (χ0) is 20.1. The van der Waals surface area contributed by atoms with Crippen LogP contribution in [0.5, 0.6) is 5.75 Å². The molecule has 0 spiro atoms. The molecule has 0 unspecified atom stereocenters. The number of rotatable bonds is 6. The van der Waals surface area contributed by atoms with Gasteiger partial charge >= 0.3 is 5.97 Å². The molecule has 3 rings (SSSR count). The lowest BCUT2D eigenvalue weighted by Gasteiger charge is -2.13. The van der Waals surface area contributed by atoms with Crippen LogP contribution in [-0.2, 0) is 9.53 Å². The van der Waals surface area contributed by atoms with Gasteiger partial charge in [-0.3, -0.25) is 4.79 Å². The summed E-state index contributed by atoms with van der Waals surface area (Å²) in [5.41, 5.74) is 2.48. The van der Waals surface area contributed by atoms with Gasteiger partial charge in [-0.25, -0.2) is 9.48 Å². The van der Waals surface area contributed by atoms with Gasteiger partial charge in [-0.15, -0.1) is 0 Å². The number of esters is 1. The number of hydrogen-bond acceptors (Lipinski definition) is 5. The molecule has 2 aromatic carbocycles. The SMILES string of the molecule is COc1cn(-c2ccccc2)nc1C(=O)O[C@@H](C)C(=O)Nc1ccc(C)cc1. The largest absolute Gasteiger partial charge is 0.493 e. The fourth-order valence-corrected chi connectivity index (χ4v) is 2.51. The highest BCUT2D eigenvalue weighted by Crippen LogP contribution is 2.21. The van der Waals surface area contributed by atoms with E-state index in [0.717, 1.165) is 11.3 Å². The van der Waals surface area contributed by atoms with Gasteiger partial charge in [0.05, 0.1) is 19.0 Å². The molecule has 1 heterocycles. The Hall–Kier alpha value is -3.61. The topological polar surface area (TPSA) is 82.5 Å². The van der Waals surface area contributed by atoms with Crippen molar-refractivity contribution in [1.29, 1.82) is 0 Å². The fourth-order valence-electron chi connectivity index (χ4n) is 2.51. The zero-order valence-electron chi connectivity index (χ0n) is 15.9. The predicted molar refractivity (Wildman–Crippen MR) is 105 cm³/mol. The van der Waals surface area contributed by atoms with Crippen molar-refractivity contribution in [2.75, 3.05) is 12.4 Å². The molecule has 1 amide bonds. The first kappa shape index (κ1) is 19.2. The van der Waals surface area contributed by atoms with Crippen molar-refractivity contribution in [2.24, 2.45) is 0 Å². The van der Waals surface area contributed by atoms with E-state index in [2.05, 4.69) is 10.4 Å². The van der Waals surface area contributed by atoms with Crippen molar-refractivity contribution >= 4 is 17.6 Å². The van der Waals surface area contributed by atoms with Gasteiger partial charge in [0.15, 0.2) is 11.9 Å². The Morgan fingerprint density at radius 2 is 1.75 bits per heavy atom. The molecule has 28 heavy (non-hydrogen) atoms. The van der Waals surface area contributed by atoms with Crippen LogP contribution in [-0.4, -0.2) is 34.9 Å². The minimum absolute atomic E-state index is 0.00124. The van der Waals surface area contributed by atoms with E-state index in [1.54, 1.807) is 18.3 Å². The monoisotopic (exact) mass is 379 g/mol. The first-order chi connectivity index (χ1) is 13.5. The molecular weight excluding hydrogens is 358 g/mol. The van der Waals surface area contributed by atoms with Crippen molar-refractivity contribution < 1.29 is 19.1 Å². The minimum Gasteiger partial charge on any atom is -0.493 e. The molecule has 0 radical (unpaired) electrons. The summed E-state index contributed by atoms with van der Waals surface area (Å²) in [6.07, 6.45) is 0.587. The predicted octanol–water partition coefficient (Wildman–Crippen LogP) is 3.37. The molecule has 0 saturated heterocycles. The lowest BCUT2D eigenvalue weighted by molar-refractivity contribution is -0.123. The van der Waals surface area contributed by atoms with Gasteiger partial charge < -0.3 is 14.8 Å². The third-order valence-electron chi connectivity index (χ3n) is 4.09. The van der Waals surface area contributed by atoms with E-state index in [1.807, 2.05) is 49.4 Å². The molecule has 3 aromatic rings. The van der Waals surface area contributed by atoms with E-state index in [1.165, 1.54) is 18.7 Å². The normalized spacial score (nSPS) is 11.5. The number of methoxy groups -OCH3 is 1. The van der Waals surface area contributed by atoms with E-state index < -0.39 is 18.0 Å². The van der Waals surface area contributed by atoms with Crippen LogP contribution in [0, 0.1) is 6.92 Å². The summed E-state index contributed by atoms with van der Waals surface area (Å²) >= 11 is 0. The summed E-state index contributed by atoms with van der Waals surface area (Å²) in [5, 5.41) is 6.96. The summed E-state index contributed by atoms with van der Waals surface area (Å²) < 4.78 is 12.0. The van der Waals surface area contributed by atoms with Crippen LogP contribution >= 0.6 is 0 Å². The molecule has 7 nitrogen and oxygen atoms in total. The zero-order valence-corrected chi connectivity index (χ0v) is 15.9. The van der Waals surface area contributed by atoms with Gasteiger partial charge in [0, 0.05) is 5.69 Å². The van der Waals surface area contributed by atoms with Crippen LogP contribution in [0.3, 0.4) is 0 Å². The number of hydrogen-bond donors (Lipinski definition) is 1. The van der Waals surface area contributed by atoms with Gasteiger partial charge in [-0.05, 0) is 38.1 Å². The van der Waals surface area contributed by atoms with E-state index in [-0.39, 0.29) is 11.4 Å². The smallest absolute Gasteiger partial charge is 0.363 e. The molecule has 0 bridgehead atoms. The molecule has 0 aliphatic carbocycles. The molecule has 1 atom stereocenters. The lowest BCUT2D eigenvalue weighted by atomic mass is 10.2. The number of nitrogens with zero attached hydrogens (tertiary/aromatic N) is 2. The van der Waals surface area contributed by atoms with Gasteiger partial charge in [0.25, 0.3) is 5.91 Å². The Balaban J connectivity index is 1.70. The van der Waals surface area contributed by atoms with Gasteiger partial charge in [0.2, 0.25) is 5.69 Å². The Morgan fingerprint density at radius 1 is 1.07 bits per heavy atom. The maximum Gasteiger partial charge on any atom is 0.363 e. The molecular formula is C21H21N3O4. The number of para-hydroxylation sites is 1. The van der Waals surface area contributed by atoms with E-state index in [0.29, 0.717) is 5.69 Å². The van der Waals surface area contributed by atoms with Crippen LogP contribution in [0.1, 0.15) is 23.0 Å². The summed E-state index contributed by atoms with van der Waals surface area (Å²) in [6, 6.07) is 16.6.